The number of aromatic hydroxyl groups is 2. The number of benzene rings is 1. The van der Waals surface area contributed by atoms with Gasteiger partial charge < -0.3 is 10.2 Å². The van der Waals surface area contributed by atoms with Crippen LogP contribution in [0.4, 0.5) is 0 Å². The van der Waals surface area contributed by atoms with Crippen LogP contribution in [0.5, 0.6) is 11.5 Å². The van der Waals surface area contributed by atoms with E-state index in [1.807, 2.05) is 19.9 Å². The Kier molecular flexibility index (Phi) is 4.66. The first-order valence-electron chi connectivity index (χ1n) is 6.15. The highest BCUT2D eigenvalue weighted by Gasteiger charge is 2.13. The molecule has 0 fully saturated rings. The molecule has 0 aliphatic rings. The largest absolute Gasteiger partial charge is 0.504 e. The predicted molar refractivity (Wildman–Crippen MR) is 67.1 cm³/mol. The van der Waals surface area contributed by atoms with Gasteiger partial charge in [0.15, 0.2) is 11.5 Å². The molecule has 0 heterocycles. The van der Waals surface area contributed by atoms with Crippen molar-refractivity contribution in [1.82, 2.24) is 0 Å². The number of unbranched alkanes of at least 4 members (excludes halogenated alkanes) is 2. The second kappa shape index (κ2) is 5.78. The molecular formula is C14H22O2. The first-order valence-corrected chi connectivity index (χ1v) is 6.15. The van der Waals surface area contributed by atoms with Gasteiger partial charge in [0.1, 0.15) is 0 Å². The first kappa shape index (κ1) is 12.9. The van der Waals surface area contributed by atoms with Gasteiger partial charge >= 0.3 is 0 Å². The maximum absolute atomic E-state index is 9.87. The van der Waals surface area contributed by atoms with Crippen LogP contribution in [0, 0.1) is 6.92 Å². The average Bonchev–Trinajstić information content (AvgIpc) is 2.27. The van der Waals surface area contributed by atoms with Crippen LogP contribution < -0.4 is 0 Å². The summed E-state index contributed by atoms with van der Waals surface area (Å²) >= 11 is 0. The van der Waals surface area contributed by atoms with E-state index < -0.39 is 0 Å². The van der Waals surface area contributed by atoms with Crippen molar-refractivity contribution in [3.05, 3.63) is 22.8 Å². The third-order valence-corrected chi connectivity index (χ3v) is 3.07. The van der Waals surface area contributed by atoms with Gasteiger partial charge in [-0.2, -0.15) is 0 Å². The highest BCUT2D eigenvalue weighted by atomic mass is 16.3. The Balaban J connectivity index is 2.98. The van der Waals surface area contributed by atoms with Crippen molar-refractivity contribution in [1.29, 1.82) is 0 Å². The Bertz CT molecular complexity index is 356. The number of rotatable bonds is 5. The van der Waals surface area contributed by atoms with Crippen LogP contribution in [0.15, 0.2) is 6.07 Å². The van der Waals surface area contributed by atoms with Gasteiger partial charge in [0.2, 0.25) is 0 Å². The van der Waals surface area contributed by atoms with E-state index in [-0.39, 0.29) is 11.5 Å². The summed E-state index contributed by atoms with van der Waals surface area (Å²) in [5.74, 6) is 0.116. The quantitative estimate of drug-likeness (QED) is 0.589. The van der Waals surface area contributed by atoms with Crippen molar-refractivity contribution in [2.24, 2.45) is 0 Å². The Morgan fingerprint density at radius 2 is 1.75 bits per heavy atom. The topological polar surface area (TPSA) is 40.5 Å². The van der Waals surface area contributed by atoms with Crippen molar-refractivity contribution >= 4 is 0 Å². The lowest BCUT2D eigenvalue weighted by atomic mass is 9.96. The van der Waals surface area contributed by atoms with Crippen LogP contribution in [0.25, 0.3) is 0 Å². The zero-order chi connectivity index (χ0) is 12.1. The molecule has 2 heteroatoms. The fraction of sp³-hybridized carbons (Fsp3) is 0.571. The second-order valence-corrected chi connectivity index (χ2v) is 4.34. The minimum atomic E-state index is 0.0380. The molecule has 0 aliphatic heterocycles. The summed E-state index contributed by atoms with van der Waals surface area (Å²) in [6.07, 6.45) is 5.31. The number of phenols is 2. The van der Waals surface area contributed by atoms with Gasteiger partial charge in [0, 0.05) is 5.56 Å². The molecule has 0 atom stereocenters. The second-order valence-electron chi connectivity index (χ2n) is 4.34. The molecule has 1 rings (SSSR count). The van der Waals surface area contributed by atoms with Crippen LogP contribution >= 0.6 is 0 Å². The molecule has 0 amide bonds. The lowest BCUT2D eigenvalue weighted by Gasteiger charge is -2.13. The molecule has 90 valence electrons. The van der Waals surface area contributed by atoms with Crippen LogP contribution in [0.1, 0.15) is 49.8 Å². The normalized spacial score (nSPS) is 10.7. The van der Waals surface area contributed by atoms with Gasteiger partial charge in [-0.1, -0.05) is 32.8 Å². The highest BCUT2D eigenvalue weighted by Crippen LogP contribution is 2.35. The lowest BCUT2D eigenvalue weighted by molar-refractivity contribution is 0.396. The molecule has 0 spiro atoms. The molecule has 0 bridgehead atoms. The summed E-state index contributed by atoms with van der Waals surface area (Å²) in [4.78, 5) is 0. The zero-order valence-electron chi connectivity index (χ0n) is 10.5. The number of hydrogen-bond donors (Lipinski definition) is 2. The third kappa shape index (κ3) is 2.69. The minimum Gasteiger partial charge on any atom is -0.504 e. The fourth-order valence-corrected chi connectivity index (χ4v) is 2.08. The Morgan fingerprint density at radius 3 is 2.31 bits per heavy atom. The summed E-state index contributed by atoms with van der Waals surface area (Å²) < 4.78 is 0. The molecule has 0 radical (unpaired) electrons. The fourth-order valence-electron chi connectivity index (χ4n) is 2.08. The van der Waals surface area contributed by atoms with Gasteiger partial charge in [-0.3, -0.25) is 0 Å². The van der Waals surface area contributed by atoms with E-state index in [9.17, 15) is 10.2 Å². The summed E-state index contributed by atoms with van der Waals surface area (Å²) in [6.45, 7) is 6.02. The molecule has 0 aromatic heterocycles. The molecule has 0 unspecified atom stereocenters. The number of hydrogen-bond acceptors (Lipinski definition) is 2. The van der Waals surface area contributed by atoms with E-state index in [4.69, 9.17) is 0 Å². The van der Waals surface area contributed by atoms with E-state index in [1.54, 1.807) is 0 Å². The molecule has 1 aromatic carbocycles. The Hall–Kier alpha value is -1.18. The van der Waals surface area contributed by atoms with Crippen LogP contribution in [0.2, 0.25) is 0 Å². The molecule has 0 saturated carbocycles. The molecule has 1 aromatic rings. The van der Waals surface area contributed by atoms with E-state index >= 15 is 0 Å². The van der Waals surface area contributed by atoms with Crippen molar-refractivity contribution in [2.45, 2.75) is 52.9 Å². The van der Waals surface area contributed by atoms with Gasteiger partial charge in [0.05, 0.1) is 0 Å². The highest BCUT2D eigenvalue weighted by molar-refractivity contribution is 5.53. The summed E-state index contributed by atoms with van der Waals surface area (Å²) in [7, 11) is 0. The van der Waals surface area contributed by atoms with Crippen molar-refractivity contribution in [3.8, 4) is 11.5 Å². The Morgan fingerprint density at radius 1 is 1.06 bits per heavy atom. The molecule has 2 N–H and O–H groups in total. The maximum atomic E-state index is 9.87. The monoisotopic (exact) mass is 222 g/mol. The van der Waals surface area contributed by atoms with E-state index in [1.165, 1.54) is 18.4 Å². The minimum absolute atomic E-state index is 0.0380. The van der Waals surface area contributed by atoms with Gasteiger partial charge in [-0.15, -0.1) is 0 Å². The molecule has 16 heavy (non-hydrogen) atoms. The van der Waals surface area contributed by atoms with Gasteiger partial charge in [0.25, 0.3) is 0 Å². The van der Waals surface area contributed by atoms with E-state index in [2.05, 4.69) is 6.92 Å². The summed E-state index contributed by atoms with van der Waals surface area (Å²) in [5.41, 5.74) is 2.85. The van der Waals surface area contributed by atoms with Crippen molar-refractivity contribution < 1.29 is 10.2 Å². The number of aryl methyl sites for hydroxylation is 2. The van der Waals surface area contributed by atoms with Crippen LogP contribution in [-0.2, 0) is 12.8 Å². The van der Waals surface area contributed by atoms with Gasteiger partial charge in [-0.25, -0.2) is 0 Å². The zero-order valence-corrected chi connectivity index (χ0v) is 10.5. The van der Waals surface area contributed by atoms with Crippen LogP contribution in [0.3, 0.4) is 0 Å². The molecular weight excluding hydrogens is 200 g/mol. The SMILES string of the molecule is CCCCCc1cc(C)c(O)c(O)c1CC. The van der Waals surface area contributed by atoms with Gasteiger partial charge in [-0.05, 0) is 37.3 Å². The summed E-state index contributed by atoms with van der Waals surface area (Å²) in [5, 5.41) is 19.5. The molecule has 0 aliphatic carbocycles. The predicted octanol–water partition coefficient (Wildman–Crippen LogP) is 3.70. The third-order valence-electron chi connectivity index (χ3n) is 3.07. The van der Waals surface area contributed by atoms with E-state index in [0.29, 0.717) is 0 Å². The maximum Gasteiger partial charge on any atom is 0.161 e. The van der Waals surface area contributed by atoms with E-state index in [0.717, 1.165) is 30.4 Å². The number of phenolic OH excluding ortho intramolecular Hbond substituents is 2. The molecule has 2 nitrogen and oxygen atoms in total. The lowest BCUT2D eigenvalue weighted by Crippen LogP contribution is -1.96. The smallest absolute Gasteiger partial charge is 0.161 e. The standard InChI is InChI=1S/C14H22O2/c1-4-6-7-8-11-9-10(3)13(15)14(16)12(11)5-2/h9,15-16H,4-8H2,1-3H3. The first-order chi connectivity index (χ1) is 7.61. The molecule has 0 saturated heterocycles. The summed E-state index contributed by atoms with van der Waals surface area (Å²) in [6, 6.07) is 2.00. The Labute approximate surface area is 97.9 Å². The van der Waals surface area contributed by atoms with Crippen LogP contribution in [-0.4, -0.2) is 10.2 Å². The van der Waals surface area contributed by atoms with Crippen molar-refractivity contribution in [2.75, 3.05) is 0 Å². The average molecular weight is 222 g/mol. The van der Waals surface area contributed by atoms with Crippen molar-refractivity contribution in [3.63, 3.8) is 0 Å².